The fourth-order valence-electron chi connectivity index (χ4n) is 3.86. The molecule has 2 unspecified atom stereocenters. The zero-order chi connectivity index (χ0) is 17.9. The molecule has 2 fully saturated rings. The number of likely N-dealkylation sites (tertiary alicyclic amines) is 1. The number of nitrogens with one attached hydrogen (secondary N) is 2. The summed E-state index contributed by atoms with van der Waals surface area (Å²) in [5.41, 5.74) is 2.17. The molecule has 1 saturated heterocycles. The number of halogens is 1. The highest BCUT2D eigenvalue weighted by Gasteiger charge is 2.38. The average Bonchev–Trinajstić information content (AvgIpc) is 3.45. The van der Waals surface area contributed by atoms with Crippen LogP contribution in [0.1, 0.15) is 25.5 Å². The molecule has 2 aromatic rings. The van der Waals surface area contributed by atoms with Gasteiger partial charge in [-0.25, -0.2) is 0 Å². The average molecular weight is 479 g/mol. The topological polar surface area (TPSA) is 52.6 Å². The Kier molecular flexibility index (Phi) is 6.92. The summed E-state index contributed by atoms with van der Waals surface area (Å²) < 4.78 is 0. The van der Waals surface area contributed by atoms with Crippen LogP contribution in [0, 0.1) is 5.92 Å². The molecule has 0 spiro atoms. The Bertz CT molecular complexity index is 789. The fraction of sp³-hybridized carbons (Fsp3) is 0.524. The van der Waals surface area contributed by atoms with E-state index in [1.54, 1.807) is 0 Å². The summed E-state index contributed by atoms with van der Waals surface area (Å²) in [6.45, 7) is 5.52. The SMILES string of the molecule is CN=C(NCCc1ccc2ccccc2n1)NC1CN(C2CC2)CC1C.I. The molecule has 1 aromatic carbocycles. The van der Waals surface area contributed by atoms with Gasteiger partial charge < -0.3 is 10.6 Å². The van der Waals surface area contributed by atoms with Crippen LogP contribution in [-0.4, -0.2) is 54.6 Å². The maximum Gasteiger partial charge on any atom is 0.191 e. The summed E-state index contributed by atoms with van der Waals surface area (Å²) in [6.07, 6.45) is 3.65. The number of guanidine groups is 1. The Morgan fingerprint density at radius 1 is 1.19 bits per heavy atom. The van der Waals surface area contributed by atoms with Crippen molar-refractivity contribution in [3.8, 4) is 0 Å². The van der Waals surface area contributed by atoms with E-state index in [0.29, 0.717) is 12.0 Å². The molecular weight excluding hydrogens is 449 g/mol. The van der Waals surface area contributed by atoms with Crippen molar-refractivity contribution in [3.63, 3.8) is 0 Å². The number of hydrogen-bond donors (Lipinski definition) is 2. The van der Waals surface area contributed by atoms with Gasteiger partial charge in [0.25, 0.3) is 0 Å². The quantitative estimate of drug-likeness (QED) is 0.394. The van der Waals surface area contributed by atoms with E-state index in [1.807, 2.05) is 13.1 Å². The molecule has 2 heterocycles. The first-order chi connectivity index (χ1) is 12.7. The summed E-state index contributed by atoms with van der Waals surface area (Å²) in [6, 6.07) is 13.9. The summed E-state index contributed by atoms with van der Waals surface area (Å²) in [4.78, 5) is 11.8. The van der Waals surface area contributed by atoms with Gasteiger partial charge in [-0.2, -0.15) is 0 Å². The molecule has 4 rings (SSSR count). The van der Waals surface area contributed by atoms with Crippen LogP contribution >= 0.6 is 24.0 Å². The Hall–Kier alpha value is -1.41. The van der Waals surface area contributed by atoms with Gasteiger partial charge in [0.15, 0.2) is 5.96 Å². The van der Waals surface area contributed by atoms with E-state index in [0.717, 1.165) is 42.7 Å². The first-order valence-electron chi connectivity index (χ1n) is 9.79. The van der Waals surface area contributed by atoms with Crippen LogP contribution in [0.5, 0.6) is 0 Å². The van der Waals surface area contributed by atoms with Crippen LogP contribution in [0.2, 0.25) is 0 Å². The van der Waals surface area contributed by atoms with Crippen molar-refractivity contribution in [2.24, 2.45) is 10.9 Å². The molecule has 146 valence electrons. The Labute approximate surface area is 179 Å². The number of benzene rings is 1. The predicted molar refractivity (Wildman–Crippen MR) is 123 cm³/mol. The Morgan fingerprint density at radius 2 is 2.00 bits per heavy atom. The highest BCUT2D eigenvalue weighted by molar-refractivity contribution is 14.0. The van der Waals surface area contributed by atoms with Crippen LogP contribution in [0.4, 0.5) is 0 Å². The van der Waals surface area contributed by atoms with Crippen molar-refractivity contribution in [2.75, 3.05) is 26.7 Å². The van der Waals surface area contributed by atoms with Crippen molar-refractivity contribution in [1.29, 1.82) is 0 Å². The molecule has 1 saturated carbocycles. The van der Waals surface area contributed by atoms with Crippen LogP contribution in [-0.2, 0) is 6.42 Å². The molecule has 2 atom stereocenters. The molecule has 6 heteroatoms. The Balaban J connectivity index is 0.00000210. The molecule has 2 aliphatic rings. The van der Waals surface area contributed by atoms with Crippen LogP contribution in [0.15, 0.2) is 41.4 Å². The monoisotopic (exact) mass is 479 g/mol. The predicted octanol–water partition coefficient (Wildman–Crippen LogP) is 3.04. The van der Waals surface area contributed by atoms with Crippen LogP contribution < -0.4 is 10.6 Å². The molecule has 5 nitrogen and oxygen atoms in total. The normalized spacial score (nSPS) is 23.3. The third-order valence-corrected chi connectivity index (χ3v) is 5.58. The molecule has 0 radical (unpaired) electrons. The fourth-order valence-corrected chi connectivity index (χ4v) is 3.86. The second kappa shape index (κ2) is 9.19. The number of fused-ring (bicyclic) bond motifs is 1. The van der Waals surface area contributed by atoms with E-state index in [4.69, 9.17) is 4.98 Å². The van der Waals surface area contributed by atoms with Crippen molar-refractivity contribution >= 4 is 40.8 Å². The van der Waals surface area contributed by atoms with E-state index >= 15 is 0 Å². The highest BCUT2D eigenvalue weighted by atomic mass is 127. The molecule has 2 N–H and O–H groups in total. The van der Waals surface area contributed by atoms with Gasteiger partial charge in [-0.1, -0.05) is 31.2 Å². The van der Waals surface area contributed by atoms with E-state index in [-0.39, 0.29) is 24.0 Å². The minimum Gasteiger partial charge on any atom is -0.356 e. The largest absolute Gasteiger partial charge is 0.356 e. The minimum atomic E-state index is 0. The lowest BCUT2D eigenvalue weighted by Crippen LogP contribution is -2.47. The molecule has 1 aliphatic heterocycles. The highest BCUT2D eigenvalue weighted by Crippen LogP contribution is 2.31. The van der Waals surface area contributed by atoms with E-state index < -0.39 is 0 Å². The molecule has 1 aromatic heterocycles. The molecular formula is C21H30IN5. The third kappa shape index (κ3) is 5.10. The zero-order valence-corrected chi connectivity index (χ0v) is 18.5. The van der Waals surface area contributed by atoms with E-state index in [2.05, 4.69) is 57.8 Å². The molecule has 0 amide bonds. The van der Waals surface area contributed by atoms with Gasteiger partial charge in [0.2, 0.25) is 0 Å². The second-order valence-corrected chi connectivity index (χ2v) is 7.66. The molecule has 0 bridgehead atoms. The maximum absolute atomic E-state index is 4.74. The van der Waals surface area contributed by atoms with Gasteiger partial charge in [-0.3, -0.25) is 14.9 Å². The zero-order valence-electron chi connectivity index (χ0n) is 16.2. The van der Waals surface area contributed by atoms with Crippen LogP contribution in [0.3, 0.4) is 0 Å². The smallest absolute Gasteiger partial charge is 0.191 e. The van der Waals surface area contributed by atoms with Gasteiger partial charge in [0, 0.05) is 56.3 Å². The van der Waals surface area contributed by atoms with Gasteiger partial charge in [-0.15, -0.1) is 24.0 Å². The lowest BCUT2D eigenvalue weighted by atomic mass is 10.1. The number of rotatable bonds is 5. The molecule has 1 aliphatic carbocycles. The van der Waals surface area contributed by atoms with Crippen molar-refractivity contribution < 1.29 is 0 Å². The second-order valence-electron chi connectivity index (χ2n) is 7.66. The van der Waals surface area contributed by atoms with Crippen molar-refractivity contribution in [1.82, 2.24) is 20.5 Å². The number of aromatic nitrogens is 1. The number of aliphatic imine (C=N–C) groups is 1. The first kappa shape index (κ1) is 20.3. The number of nitrogens with zero attached hydrogens (tertiary/aromatic N) is 3. The van der Waals surface area contributed by atoms with E-state index in [9.17, 15) is 0 Å². The third-order valence-electron chi connectivity index (χ3n) is 5.58. The Morgan fingerprint density at radius 3 is 2.78 bits per heavy atom. The first-order valence-corrected chi connectivity index (χ1v) is 9.79. The van der Waals surface area contributed by atoms with Crippen molar-refractivity contribution in [2.45, 2.75) is 38.3 Å². The van der Waals surface area contributed by atoms with Gasteiger partial charge >= 0.3 is 0 Å². The molecule has 27 heavy (non-hydrogen) atoms. The standard InChI is InChI=1S/C21H29N5.HI/c1-15-13-26(18-9-10-18)14-20(15)25-21(22-2)23-12-11-17-8-7-16-5-3-4-6-19(16)24-17;/h3-8,15,18,20H,9-14H2,1-2H3,(H2,22,23,25);1H. The summed E-state index contributed by atoms with van der Waals surface area (Å²) >= 11 is 0. The number of pyridine rings is 1. The van der Waals surface area contributed by atoms with Gasteiger partial charge in [-0.05, 0) is 30.9 Å². The van der Waals surface area contributed by atoms with Crippen LogP contribution in [0.25, 0.3) is 10.9 Å². The van der Waals surface area contributed by atoms with Gasteiger partial charge in [0.05, 0.1) is 5.52 Å². The number of hydrogen-bond acceptors (Lipinski definition) is 3. The van der Waals surface area contributed by atoms with E-state index in [1.165, 1.54) is 24.8 Å². The maximum atomic E-state index is 4.74. The summed E-state index contributed by atoms with van der Waals surface area (Å²) in [5.74, 6) is 1.57. The van der Waals surface area contributed by atoms with Crippen molar-refractivity contribution in [3.05, 3.63) is 42.1 Å². The number of para-hydroxylation sites is 1. The minimum absolute atomic E-state index is 0. The summed E-state index contributed by atoms with van der Waals surface area (Å²) in [5, 5.41) is 8.27. The summed E-state index contributed by atoms with van der Waals surface area (Å²) in [7, 11) is 1.85. The lowest BCUT2D eigenvalue weighted by molar-refractivity contribution is 0.315. The lowest BCUT2D eigenvalue weighted by Gasteiger charge is -2.20. The van der Waals surface area contributed by atoms with Gasteiger partial charge in [0.1, 0.15) is 0 Å².